The quantitative estimate of drug-likeness (QED) is 0.790. The van der Waals surface area contributed by atoms with Crippen molar-refractivity contribution in [1.82, 2.24) is 25.2 Å². The second kappa shape index (κ2) is 5.96. The monoisotopic (exact) mass is 289 g/mol. The number of hydrogen-bond acceptors (Lipinski definition) is 7. The predicted octanol–water partition coefficient (Wildman–Crippen LogP) is 0.489. The maximum Gasteiger partial charge on any atom is 0.232 e. The highest BCUT2D eigenvalue weighted by molar-refractivity contribution is 5.79. The molecule has 1 aliphatic rings. The van der Waals surface area contributed by atoms with Crippen LogP contribution >= 0.6 is 0 Å². The summed E-state index contributed by atoms with van der Waals surface area (Å²) in [6.07, 6.45) is 1.96. The van der Waals surface area contributed by atoms with E-state index in [1.807, 2.05) is 0 Å². The fourth-order valence-electron chi connectivity index (χ4n) is 2.28. The van der Waals surface area contributed by atoms with Gasteiger partial charge in [0, 0.05) is 32.8 Å². The minimum Gasteiger partial charge on any atom is -0.383 e. The number of rotatable bonds is 5. The molecule has 0 N–H and O–H groups in total. The van der Waals surface area contributed by atoms with Crippen LogP contribution in [0.1, 0.15) is 18.2 Å². The van der Waals surface area contributed by atoms with Gasteiger partial charge in [0.05, 0.1) is 12.5 Å². The Hall–Kier alpha value is -2.35. The lowest BCUT2D eigenvalue weighted by Crippen LogP contribution is -2.28. The second-order valence-electron chi connectivity index (χ2n) is 4.80. The Bertz CT molecular complexity index is 615. The molecule has 3 rings (SSSR count). The standard InChI is InChI=1S/C13H15N5O3/c1-20-6-5-18-8-9(7-11(18)19)13-15-12(17-21-13)10-3-2-4-14-16-10/h2-4,9H,5-8H2,1H3. The third-order valence-corrected chi connectivity index (χ3v) is 3.37. The van der Waals surface area contributed by atoms with E-state index in [1.165, 1.54) is 0 Å². The summed E-state index contributed by atoms with van der Waals surface area (Å²) in [5, 5.41) is 11.6. The van der Waals surface area contributed by atoms with Gasteiger partial charge in [-0.2, -0.15) is 10.1 Å². The van der Waals surface area contributed by atoms with E-state index in [1.54, 1.807) is 30.3 Å². The summed E-state index contributed by atoms with van der Waals surface area (Å²) in [5.74, 6) is 0.855. The zero-order valence-corrected chi connectivity index (χ0v) is 11.6. The second-order valence-corrected chi connectivity index (χ2v) is 4.80. The normalized spacial score (nSPS) is 18.4. The molecule has 21 heavy (non-hydrogen) atoms. The van der Waals surface area contributed by atoms with Crippen LogP contribution in [-0.4, -0.2) is 58.0 Å². The van der Waals surface area contributed by atoms with Crippen LogP contribution in [0, 0.1) is 0 Å². The molecular weight excluding hydrogens is 274 g/mol. The van der Waals surface area contributed by atoms with Crippen LogP contribution in [0.4, 0.5) is 0 Å². The number of methoxy groups -OCH3 is 1. The summed E-state index contributed by atoms with van der Waals surface area (Å²) in [5.41, 5.74) is 0.549. The smallest absolute Gasteiger partial charge is 0.232 e. The molecule has 8 nitrogen and oxygen atoms in total. The number of aromatic nitrogens is 4. The lowest BCUT2D eigenvalue weighted by atomic mass is 10.1. The van der Waals surface area contributed by atoms with Crippen LogP contribution in [-0.2, 0) is 9.53 Å². The number of likely N-dealkylation sites (tertiary alicyclic amines) is 1. The Morgan fingerprint density at radius 2 is 2.43 bits per heavy atom. The van der Waals surface area contributed by atoms with Gasteiger partial charge in [0.25, 0.3) is 0 Å². The van der Waals surface area contributed by atoms with E-state index in [2.05, 4.69) is 20.3 Å². The molecular formula is C13H15N5O3. The minimum atomic E-state index is -0.0766. The van der Waals surface area contributed by atoms with Gasteiger partial charge in [0.15, 0.2) is 0 Å². The molecule has 0 saturated carbocycles. The molecule has 110 valence electrons. The molecule has 1 fully saturated rings. The van der Waals surface area contributed by atoms with Gasteiger partial charge in [-0.05, 0) is 12.1 Å². The van der Waals surface area contributed by atoms with Gasteiger partial charge >= 0.3 is 0 Å². The molecule has 1 amide bonds. The number of carbonyl (C=O) groups excluding carboxylic acids is 1. The predicted molar refractivity (Wildman–Crippen MR) is 71.1 cm³/mol. The first-order chi connectivity index (χ1) is 10.3. The Balaban J connectivity index is 1.71. The average molecular weight is 289 g/mol. The molecule has 3 heterocycles. The van der Waals surface area contributed by atoms with Crippen molar-refractivity contribution < 1.29 is 14.1 Å². The first-order valence-electron chi connectivity index (χ1n) is 6.66. The molecule has 1 atom stereocenters. The van der Waals surface area contributed by atoms with E-state index in [0.29, 0.717) is 43.5 Å². The first-order valence-corrected chi connectivity index (χ1v) is 6.66. The van der Waals surface area contributed by atoms with Crippen LogP contribution < -0.4 is 0 Å². The third-order valence-electron chi connectivity index (χ3n) is 3.37. The van der Waals surface area contributed by atoms with Crippen LogP contribution in [0.3, 0.4) is 0 Å². The van der Waals surface area contributed by atoms with Crippen molar-refractivity contribution in [2.45, 2.75) is 12.3 Å². The number of hydrogen-bond donors (Lipinski definition) is 0. The molecule has 0 spiro atoms. The van der Waals surface area contributed by atoms with Crippen molar-refractivity contribution in [3.63, 3.8) is 0 Å². The fourth-order valence-corrected chi connectivity index (χ4v) is 2.28. The highest BCUT2D eigenvalue weighted by Crippen LogP contribution is 2.27. The Morgan fingerprint density at radius 1 is 1.52 bits per heavy atom. The van der Waals surface area contributed by atoms with Crippen molar-refractivity contribution in [1.29, 1.82) is 0 Å². The summed E-state index contributed by atoms with van der Waals surface area (Å²) in [4.78, 5) is 18.0. The summed E-state index contributed by atoms with van der Waals surface area (Å²) in [6.45, 7) is 1.68. The Kier molecular flexibility index (Phi) is 3.87. The molecule has 0 aliphatic carbocycles. The third kappa shape index (κ3) is 2.89. The topological polar surface area (TPSA) is 94.2 Å². The number of amides is 1. The Morgan fingerprint density at radius 3 is 3.19 bits per heavy atom. The van der Waals surface area contributed by atoms with Crippen molar-refractivity contribution in [3.8, 4) is 11.5 Å². The fraction of sp³-hybridized carbons (Fsp3) is 0.462. The van der Waals surface area contributed by atoms with E-state index in [-0.39, 0.29) is 11.8 Å². The van der Waals surface area contributed by atoms with Crippen LogP contribution in [0.25, 0.3) is 11.5 Å². The highest BCUT2D eigenvalue weighted by atomic mass is 16.5. The summed E-state index contributed by atoms with van der Waals surface area (Å²) >= 11 is 0. The molecule has 0 bridgehead atoms. The first kappa shape index (κ1) is 13.6. The van der Waals surface area contributed by atoms with Crippen molar-refractivity contribution in [2.24, 2.45) is 0 Å². The summed E-state index contributed by atoms with van der Waals surface area (Å²) in [7, 11) is 1.61. The molecule has 1 saturated heterocycles. The van der Waals surface area contributed by atoms with Crippen molar-refractivity contribution in [2.75, 3.05) is 26.8 Å². The molecule has 0 aromatic carbocycles. The van der Waals surface area contributed by atoms with Gasteiger partial charge in [-0.1, -0.05) is 5.16 Å². The number of ether oxygens (including phenoxy) is 1. The van der Waals surface area contributed by atoms with Crippen molar-refractivity contribution in [3.05, 3.63) is 24.2 Å². The number of carbonyl (C=O) groups is 1. The Labute approximate surface area is 121 Å². The zero-order valence-electron chi connectivity index (χ0n) is 11.6. The molecule has 1 unspecified atom stereocenters. The molecule has 2 aromatic heterocycles. The SMILES string of the molecule is COCCN1CC(c2nc(-c3cccnn3)no2)CC1=O. The van der Waals surface area contributed by atoms with E-state index in [0.717, 1.165) is 0 Å². The van der Waals surface area contributed by atoms with Crippen LogP contribution in [0.5, 0.6) is 0 Å². The summed E-state index contributed by atoms with van der Waals surface area (Å²) in [6, 6.07) is 3.51. The molecule has 2 aromatic rings. The highest BCUT2D eigenvalue weighted by Gasteiger charge is 2.34. The van der Waals surface area contributed by atoms with E-state index in [4.69, 9.17) is 9.26 Å². The zero-order chi connectivity index (χ0) is 14.7. The van der Waals surface area contributed by atoms with Crippen LogP contribution in [0.15, 0.2) is 22.9 Å². The maximum absolute atomic E-state index is 11.9. The average Bonchev–Trinajstić information content (AvgIpc) is 3.13. The minimum absolute atomic E-state index is 0.0766. The number of nitrogens with zero attached hydrogens (tertiary/aromatic N) is 5. The lowest BCUT2D eigenvalue weighted by Gasteiger charge is -2.14. The lowest BCUT2D eigenvalue weighted by molar-refractivity contribution is -0.128. The largest absolute Gasteiger partial charge is 0.383 e. The van der Waals surface area contributed by atoms with E-state index < -0.39 is 0 Å². The van der Waals surface area contributed by atoms with Gasteiger partial charge < -0.3 is 14.2 Å². The molecule has 1 aliphatic heterocycles. The maximum atomic E-state index is 11.9. The van der Waals surface area contributed by atoms with Gasteiger partial charge in [0.1, 0.15) is 5.69 Å². The molecule has 0 radical (unpaired) electrons. The van der Waals surface area contributed by atoms with Gasteiger partial charge in [-0.15, -0.1) is 5.10 Å². The van der Waals surface area contributed by atoms with Gasteiger partial charge in [-0.25, -0.2) is 0 Å². The van der Waals surface area contributed by atoms with E-state index in [9.17, 15) is 4.79 Å². The van der Waals surface area contributed by atoms with Crippen LogP contribution in [0.2, 0.25) is 0 Å². The molecule has 8 heteroatoms. The van der Waals surface area contributed by atoms with E-state index >= 15 is 0 Å². The van der Waals surface area contributed by atoms with Crippen molar-refractivity contribution >= 4 is 5.91 Å². The van der Waals surface area contributed by atoms with Gasteiger partial charge in [0.2, 0.25) is 17.6 Å². The summed E-state index contributed by atoms with van der Waals surface area (Å²) < 4.78 is 10.3. The van der Waals surface area contributed by atoms with Gasteiger partial charge in [-0.3, -0.25) is 4.79 Å².